The number of nitrogens with zero attached hydrogens (tertiary/aromatic N) is 1. The molecule has 0 radical (unpaired) electrons. The van der Waals surface area contributed by atoms with Gasteiger partial charge in [0, 0.05) is 12.2 Å². The monoisotopic (exact) mass is 358 g/mol. The number of carbonyl (C=O) groups is 5. The molecule has 3 N–H and O–H groups in total. The van der Waals surface area contributed by atoms with Crippen LogP contribution in [0.25, 0.3) is 0 Å². The molecule has 0 bridgehead atoms. The van der Waals surface area contributed by atoms with Gasteiger partial charge in [-0.3, -0.25) is 14.5 Å². The molecule has 1 atom stereocenters. The second kappa shape index (κ2) is 9.40. The number of Topliss-reactive ketones (excluding diaryl/α,β-unsaturated/α-hetero) is 1. The SMILES string of the molecule is CC(=O)CN(C[C@@H](NC(=O)/C=C\C(=O)O)C(=O)O)C(=O)OC(C)(C)C. The molecule has 0 aromatic rings. The Labute approximate surface area is 144 Å². The normalized spacial score (nSPS) is 12.3. The van der Waals surface area contributed by atoms with Crippen molar-refractivity contribution in [1.29, 1.82) is 0 Å². The third-order valence-electron chi connectivity index (χ3n) is 2.46. The summed E-state index contributed by atoms with van der Waals surface area (Å²) in [4.78, 5) is 57.5. The maximum atomic E-state index is 12.1. The number of ether oxygens (including phenoxy) is 1. The van der Waals surface area contributed by atoms with E-state index in [1.807, 2.05) is 5.32 Å². The molecule has 25 heavy (non-hydrogen) atoms. The number of ketones is 1. The lowest BCUT2D eigenvalue weighted by atomic mass is 10.2. The first-order valence-corrected chi connectivity index (χ1v) is 7.23. The Morgan fingerprint density at radius 1 is 1.12 bits per heavy atom. The zero-order valence-electron chi connectivity index (χ0n) is 14.4. The van der Waals surface area contributed by atoms with Crippen molar-refractivity contribution in [2.45, 2.75) is 39.3 Å². The first-order chi connectivity index (χ1) is 11.3. The van der Waals surface area contributed by atoms with E-state index < -0.39 is 54.5 Å². The zero-order valence-corrected chi connectivity index (χ0v) is 14.4. The third-order valence-corrected chi connectivity index (χ3v) is 2.46. The number of rotatable bonds is 8. The molecule has 0 rings (SSSR count). The van der Waals surface area contributed by atoms with Gasteiger partial charge in [0.1, 0.15) is 17.4 Å². The van der Waals surface area contributed by atoms with Crippen LogP contribution in [0.2, 0.25) is 0 Å². The maximum absolute atomic E-state index is 12.1. The van der Waals surface area contributed by atoms with Gasteiger partial charge in [-0.25, -0.2) is 14.4 Å². The molecule has 0 aromatic carbocycles. The van der Waals surface area contributed by atoms with Crippen LogP contribution in [-0.4, -0.2) is 69.6 Å². The van der Waals surface area contributed by atoms with Crippen LogP contribution in [0.3, 0.4) is 0 Å². The molecule has 0 fully saturated rings. The van der Waals surface area contributed by atoms with Crippen molar-refractivity contribution < 1.29 is 38.9 Å². The lowest BCUT2D eigenvalue weighted by Crippen LogP contribution is -2.51. The molecule has 10 nitrogen and oxygen atoms in total. The number of carboxylic acids is 2. The van der Waals surface area contributed by atoms with Crippen LogP contribution in [0.1, 0.15) is 27.7 Å². The van der Waals surface area contributed by atoms with Gasteiger partial charge in [-0.2, -0.15) is 0 Å². The summed E-state index contributed by atoms with van der Waals surface area (Å²) in [6.07, 6.45) is 0.264. The lowest BCUT2D eigenvalue weighted by Gasteiger charge is -2.28. The molecule has 0 saturated carbocycles. The van der Waals surface area contributed by atoms with E-state index >= 15 is 0 Å². The molecule has 0 spiro atoms. The van der Waals surface area contributed by atoms with Crippen LogP contribution in [0.15, 0.2) is 12.2 Å². The fraction of sp³-hybridized carbons (Fsp3) is 0.533. The molecule has 0 aliphatic carbocycles. The number of hydrogen-bond acceptors (Lipinski definition) is 6. The smallest absolute Gasteiger partial charge is 0.410 e. The molecule has 140 valence electrons. The topological polar surface area (TPSA) is 150 Å². The van der Waals surface area contributed by atoms with Crippen molar-refractivity contribution in [3.8, 4) is 0 Å². The Bertz CT molecular complexity index is 577. The quantitative estimate of drug-likeness (QED) is 0.514. The number of amides is 2. The summed E-state index contributed by atoms with van der Waals surface area (Å²) in [6, 6.07) is -1.56. The van der Waals surface area contributed by atoms with Crippen LogP contribution < -0.4 is 5.32 Å². The van der Waals surface area contributed by atoms with E-state index in [2.05, 4.69) is 0 Å². The van der Waals surface area contributed by atoms with E-state index in [0.717, 1.165) is 4.90 Å². The van der Waals surface area contributed by atoms with Crippen molar-refractivity contribution in [1.82, 2.24) is 10.2 Å². The van der Waals surface area contributed by atoms with Crippen LogP contribution in [0.5, 0.6) is 0 Å². The standard InChI is InChI=1S/C15H22N2O8/c1-9(18)7-17(14(24)25-15(2,3)4)8-10(13(22)23)16-11(19)5-6-12(20)21/h5-6,10H,7-8H2,1-4H3,(H,16,19)(H,20,21)(H,22,23)/b6-5-/t10-/m1/s1. The van der Waals surface area contributed by atoms with Crippen LogP contribution in [-0.2, 0) is 23.9 Å². The Kier molecular flexibility index (Phi) is 8.31. The summed E-state index contributed by atoms with van der Waals surface area (Å²) in [5.41, 5.74) is -0.863. The van der Waals surface area contributed by atoms with E-state index in [1.165, 1.54) is 6.92 Å². The number of nitrogens with one attached hydrogen (secondary N) is 1. The van der Waals surface area contributed by atoms with Crippen LogP contribution in [0.4, 0.5) is 4.79 Å². The van der Waals surface area contributed by atoms with Crippen molar-refractivity contribution in [3.63, 3.8) is 0 Å². The first-order valence-electron chi connectivity index (χ1n) is 7.23. The highest BCUT2D eigenvalue weighted by Gasteiger charge is 2.29. The summed E-state index contributed by atoms with van der Waals surface area (Å²) in [5, 5.41) is 19.7. The van der Waals surface area contributed by atoms with Crippen molar-refractivity contribution in [3.05, 3.63) is 12.2 Å². The van der Waals surface area contributed by atoms with Crippen LogP contribution >= 0.6 is 0 Å². The highest BCUT2D eigenvalue weighted by Crippen LogP contribution is 2.10. The number of hydrogen-bond donors (Lipinski definition) is 3. The minimum absolute atomic E-state index is 0.403. The molecule has 0 aliphatic rings. The Morgan fingerprint density at radius 2 is 1.68 bits per heavy atom. The van der Waals surface area contributed by atoms with E-state index in [9.17, 15) is 29.1 Å². The number of aliphatic carboxylic acids is 2. The summed E-state index contributed by atoms with van der Waals surface area (Å²) < 4.78 is 5.10. The molecule has 0 unspecified atom stereocenters. The summed E-state index contributed by atoms with van der Waals surface area (Å²) in [5.74, 6) is -4.22. The molecule has 0 aromatic heterocycles. The van der Waals surface area contributed by atoms with Crippen molar-refractivity contribution in [2.75, 3.05) is 13.1 Å². The molecule has 10 heteroatoms. The van der Waals surface area contributed by atoms with Crippen molar-refractivity contribution in [2.24, 2.45) is 0 Å². The highest BCUT2D eigenvalue weighted by molar-refractivity contribution is 5.96. The fourth-order valence-corrected chi connectivity index (χ4v) is 1.57. The Hall–Kier alpha value is -2.91. The predicted octanol–water partition coefficient (Wildman–Crippen LogP) is 0.0227. The van der Waals surface area contributed by atoms with Gasteiger partial charge in [-0.05, 0) is 27.7 Å². The number of carboxylic acid groups (broad SMARTS) is 2. The summed E-state index contributed by atoms with van der Waals surface area (Å²) in [7, 11) is 0. The predicted molar refractivity (Wildman–Crippen MR) is 84.8 cm³/mol. The second-order valence-corrected chi connectivity index (χ2v) is 6.13. The van der Waals surface area contributed by atoms with Gasteiger partial charge in [0.25, 0.3) is 0 Å². The minimum atomic E-state index is -1.56. The second-order valence-electron chi connectivity index (χ2n) is 6.13. The average Bonchev–Trinajstić information content (AvgIpc) is 2.40. The van der Waals surface area contributed by atoms with Crippen molar-refractivity contribution >= 4 is 29.7 Å². The van der Waals surface area contributed by atoms with Gasteiger partial charge in [0.15, 0.2) is 0 Å². The molecule has 0 heterocycles. The van der Waals surface area contributed by atoms with Gasteiger partial charge in [0.2, 0.25) is 5.91 Å². The molecular formula is C15H22N2O8. The van der Waals surface area contributed by atoms with E-state index in [0.29, 0.717) is 12.2 Å². The van der Waals surface area contributed by atoms with Gasteiger partial charge in [-0.1, -0.05) is 0 Å². The van der Waals surface area contributed by atoms with E-state index in [4.69, 9.17) is 9.84 Å². The lowest BCUT2D eigenvalue weighted by molar-refractivity contribution is -0.141. The summed E-state index contributed by atoms with van der Waals surface area (Å²) >= 11 is 0. The zero-order chi connectivity index (χ0) is 19.8. The minimum Gasteiger partial charge on any atom is -0.480 e. The molecule has 0 saturated heterocycles. The highest BCUT2D eigenvalue weighted by atomic mass is 16.6. The van der Waals surface area contributed by atoms with Gasteiger partial charge >= 0.3 is 18.0 Å². The number of carbonyl (C=O) groups excluding carboxylic acids is 3. The Balaban J connectivity index is 5.19. The van der Waals surface area contributed by atoms with Crippen LogP contribution in [0, 0.1) is 0 Å². The Morgan fingerprint density at radius 3 is 2.08 bits per heavy atom. The molecular weight excluding hydrogens is 336 g/mol. The van der Waals surface area contributed by atoms with E-state index in [1.54, 1.807) is 20.8 Å². The fourth-order valence-electron chi connectivity index (χ4n) is 1.57. The molecule has 0 aliphatic heterocycles. The maximum Gasteiger partial charge on any atom is 0.410 e. The average molecular weight is 358 g/mol. The molecule has 2 amide bonds. The first kappa shape index (κ1) is 22.1. The van der Waals surface area contributed by atoms with E-state index in [-0.39, 0.29) is 0 Å². The third kappa shape index (κ3) is 10.5. The summed E-state index contributed by atoms with van der Waals surface area (Å²) in [6.45, 7) is 5.08. The van der Waals surface area contributed by atoms with Gasteiger partial charge in [-0.15, -0.1) is 0 Å². The largest absolute Gasteiger partial charge is 0.480 e. The van der Waals surface area contributed by atoms with Gasteiger partial charge < -0.3 is 20.3 Å². The van der Waals surface area contributed by atoms with Gasteiger partial charge in [0.05, 0.1) is 13.1 Å².